The molecule has 0 amide bonds. The van der Waals surface area contributed by atoms with E-state index in [0.29, 0.717) is 12.1 Å². The van der Waals surface area contributed by atoms with Crippen molar-refractivity contribution < 1.29 is 0 Å². The molecule has 1 saturated carbocycles. The van der Waals surface area contributed by atoms with E-state index in [1.165, 1.54) is 50.9 Å². The van der Waals surface area contributed by atoms with Gasteiger partial charge in [0.25, 0.3) is 0 Å². The summed E-state index contributed by atoms with van der Waals surface area (Å²) in [6.07, 6.45) is 9.71. The third kappa shape index (κ3) is 2.16. The Hall–Kier alpha value is -1.42. The zero-order valence-corrected chi connectivity index (χ0v) is 12.8. The van der Waals surface area contributed by atoms with E-state index in [9.17, 15) is 0 Å². The second-order valence-corrected chi connectivity index (χ2v) is 6.41. The van der Waals surface area contributed by atoms with Gasteiger partial charge in [-0.2, -0.15) is 0 Å². The summed E-state index contributed by atoms with van der Waals surface area (Å²) in [4.78, 5) is 12.2. The van der Waals surface area contributed by atoms with Crippen LogP contribution in [-0.2, 0) is 0 Å². The number of imidazole rings is 1. The van der Waals surface area contributed by atoms with E-state index in [1.807, 2.05) is 12.3 Å². The molecule has 0 spiro atoms. The van der Waals surface area contributed by atoms with Gasteiger partial charge in [-0.05, 0) is 57.3 Å². The molecule has 2 fully saturated rings. The molecular formula is C17H24N4. The number of likely N-dealkylation sites (tertiary alicyclic amines) is 1. The number of aromatic nitrogens is 3. The molecule has 1 aliphatic heterocycles. The highest BCUT2D eigenvalue weighted by Crippen LogP contribution is 2.39. The molecule has 1 atom stereocenters. The molecule has 2 aromatic rings. The third-order valence-corrected chi connectivity index (χ3v) is 5.23. The first-order chi connectivity index (χ1) is 10.4. The number of hydrogen-bond acceptors (Lipinski definition) is 3. The van der Waals surface area contributed by atoms with E-state index in [2.05, 4.69) is 27.4 Å². The Bertz CT molecular complexity index is 629. The summed E-state index contributed by atoms with van der Waals surface area (Å²) in [6, 6.07) is 5.22. The van der Waals surface area contributed by atoms with Crippen LogP contribution in [0.1, 0.15) is 63.4 Å². The van der Waals surface area contributed by atoms with Crippen molar-refractivity contribution in [3.8, 4) is 0 Å². The molecule has 21 heavy (non-hydrogen) atoms. The van der Waals surface area contributed by atoms with E-state index in [1.54, 1.807) is 0 Å². The van der Waals surface area contributed by atoms with Crippen molar-refractivity contribution in [2.45, 2.75) is 57.5 Å². The standard InChI is InChI=1S/C17H24N4/c1-2-20-12-4-3-10-15(20)17-19-14-9-6-11-18-16(14)21(17)13-7-5-8-13/h6,9,11,13,15H,2-5,7-8,10,12H2,1H3. The molecule has 2 aromatic heterocycles. The quantitative estimate of drug-likeness (QED) is 0.861. The van der Waals surface area contributed by atoms with Crippen molar-refractivity contribution in [1.29, 1.82) is 0 Å². The molecule has 1 saturated heterocycles. The van der Waals surface area contributed by atoms with Crippen LogP contribution in [0, 0.1) is 0 Å². The maximum atomic E-state index is 5.00. The van der Waals surface area contributed by atoms with Gasteiger partial charge in [0.2, 0.25) is 0 Å². The van der Waals surface area contributed by atoms with Crippen LogP contribution in [0.25, 0.3) is 11.2 Å². The Balaban J connectivity index is 1.82. The van der Waals surface area contributed by atoms with Crippen LogP contribution in [0.3, 0.4) is 0 Å². The SMILES string of the molecule is CCN1CCCCC1c1nc2cccnc2n1C1CCC1. The Morgan fingerprint density at radius 2 is 2.10 bits per heavy atom. The molecule has 1 unspecified atom stereocenters. The molecule has 0 bridgehead atoms. The largest absolute Gasteiger partial charge is 0.308 e. The van der Waals surface area contributed by atoms with Crippen molar-refractivity contribution in [2.24, 2.45) is 0 Å². The predicted molar refractivity (Wildman–Crippen MR) is 84.3 cm³/mol. The average Bonchev–Trinajstić information content (AvgIpc) is 2.85. The topological polar surface area (TPSA) is 34.0 Å². The van der Waals surface area contributed by atoms with Crippen LogP contribution < -0.4 is 0 Å². The van der Waals surface area contributed by atoms with Crippen molar-refractivity contribution in [1.82, 2.24) is 19.4 Å². The fourth-order valence-corrected chi connectivity index (χ4v) is 3.85. The molecule has 0 N–H and O–H groups in total. The summed E-state index contributed by atoms with van der Waals surface area (Å²) in [5, 5.41) is 0. The van der Waals surface area contributed by atoms with Gasteiger partial charge in [0.05, 0.1) is 6.04 Å². The monoisotopic (exact) mass is 284 g/mol. The van der Waals surface area contributed by atoms with Crippen LogP contribution in [0.15, 0.2) is 18.3 Å². The molecule has 3 heterocycles. The number of rotatable bonds is 3. The average molecular weight is 284 g/mol. The van der Waals surface area contributed by atoms with Crippen molar-refractivity contribution in [3.63, 3.8) is 0 Å². The van der Waals surface area contributed by atoms with Crippen LogP contribution >= 0.6 is 0 Å². The summed E-state index contributed by atoms with van der Waals surface area (Å²) in [6.45, 7) is 4.60. The molecule has 4 rings (SSSR count). The van der Waals surface area contributed by atoms with Gasteiger partial charge in [0, 0.05) is 12.2 Å². The minimum atomic E-state index is 0.485. The highest BCUT2D eigenvalue weighted by molar-refractivity contribution is 5.71. The summed E-state index contributed by atoms with van der Waals surface area (Å²) in [7, 11) is 0. The number of fused-ring (bicyclic) bond motifs is 1. The van der Waals surface area contributed by atoms with Gasteiger partial charge in [-0.25, -0.2) is 9.97 Å². The first kappa shape index (κ1) is 13.3. The Kier molecular flexibility index (Phi) is 3.42. The lowest BCUT2D eigenvalue weighted by atomic mass is 9.92. The summed E-state index contributed by atoms with van der Waals surface area (Å²) < 4.78 is 2.47. The lowest BCUT2D eigenvalue weighted by Crippen LogP contribution is -2.35. The van der Waals surface area contributed by atoms with Crippen LogP contribution in [0.2, 0.25) is 0 Å². The van der Waals surface area contributed by atoms with Gasteiger partial charge < -0.3 is 4.57 Å². The molecule has 2 aliphatic rings. The second-order valence-electron chi connectivity index (χ2n) is 6.41. The molecule has 0 radical (unpaired) electrons. The first-order valence-electron chi connectivity index (χ1n) is 8.45. The highest BCUT2D eigenvalue weighted by Gasteiger charge is 2.32. The lowest BCUT2D eigenvalue weighted by Gasteiger charge is -2.37. The van der Waals surface area contributed by atoms with E-state index >= 15 is 0 Å². The van der Waals surface area contributed by atoms with Crippen LogP contribution in [0.4, 0.5) is 0 Å². The minimum absolute atomic E-state index is 0.485. The van der Waals surface area contributed by atoms with Gasteiger partial charge in [-0.1, -0.05) is 13.3 Å². The van der Waals surface area contributed by atoms with Crippen molar-refractivity contribution in [2.75, 3.05) is 13.1 Å². The summed E-state index contributed by atoms with van der Waals surface area (Å²) in [5.41, 5.74) is 2.17. The fourth-order valence-electron chi connectivity index (χ4n) is 3.85. The highest BCUT2D eigenvalue weighted by atomic mass is 15.2. The van der Waals surface area contributed by atoms with Gasteiger partial charge in [0.1, 0.15) is 11.3 Å². The Morgan fingerprint density at radius 1 is 1.19 bits per heavy atom. The zero-order chi connectivity index (χ0) is 14.2. The molecule has 112 valence electrons. The maximum Gasteiger partial charge on any atom is 0.160 e. The number of piperidine rings is 1. The van der Waals surface area contributed by atoms with Gasteiger partial charge in [0.15, 0.2) is 5.65 Å². The summed E-state index contributed by atoms with van der Waals surface area (Å²) in [5.74, 6) is 1.27. The molecule has 4 heteroatoms. The Morgan fingerprint density at radius 3 is 2.86 bits per heavy atom. The third-order valence-electron chi connectivity index (χ3n) is 5.23. The molecular weight excluding hydrogens is 260 g/mol. The zero-order valence-electron chi connectivity index (χ0n) is 12.8. The molecule has 1 aliphatic carbocycles. The van der Waals surface area contributed by atoms with Crippen molar-refractivity contribution in [3.05, 3.63) is 24.2 Å². The first-order valence-corrected chi connectivity index (χ1v) is 8.45. The second kappa shape index (κ2) is 5.41. The smallest absolute Gasteiger partial charge is 0.160 e. The molecule has 0 aromatic carbocycles. The number of nitrogens with zero attached hydrogens (tertiary/aromatic N) is 4. The Labute approximate surface area is 126 Å². The van der Waals surface area contributed by atoms with E-state index in [0.717, 1.165) is 17.7 Å². The normalized spacial score (nSPS) is 24.3. The van der Waals surface area contributed by atoms with Crippen LogP contribution in [-0.4, -0.2) is 32.5 Å². The van der Waals surface area contributed by atoms with E-state index < -0.39 is 0 Å². The number of pyridine rings is 1. The maximum absolute atomic E-state index is 5.00. The van der Waals surface area contributed by atoms with Gasteiger partial charge >= 0.3 is 0 Å². The molecule has 4 nitrogen and oxygen atoms in total. The van der Waals surface area contributed by atoms with Crippen molar-refractivity contribution >= 4 is 11.2 Å². The summed E-state index contributed by atoms with van der Waals surface area (Å²) >= 11 is 0. The van der Waals surface area contributed by atoms with Crippen LogP contribution in [0.5, 0.6) is 0 Å². The minimum Gasteiger partial charge on any atom is -0.308 e. The van der Waals surface area contributed by atoms with Gasteiger partial charge in [-0.3, -0.25) is 4.90 Å². The van der Waals surface area contributed by atoms with Gasteiger partial charge in [-0.15, -0.1) is 0 Å². The fraction of sp³-hybridized carbons (Fsp3) is 0.647. The lowest BCUT2D eigenvalue weighted by molar-refractivity contribution is 0.141. The predicted octanol–water partition coefficient (Wildman–Crippen LogP) is 3.70. The van der Waals surface area contributed by atoms with E-state index in [-0.39, 0.29) is 0 Å². The van der Waals surface area contributed by atoms with E-state index in [4.69, 9.17) is 4.98 Å². The number of hydrogen-bond donors (Lipinski definition) is 0.